The van der Waals surface area contributed by atoms with Crippen LogP contribution in [0.15, 0.2) is 16.9 Å². The predicted molar refractivity (Wildman–Crippen MR) is 100 cm³/mol. The summed E-state index contributed by atoms with van der Waals surface area (Å²) in [6, 6.07) is 0.584. The Morgan fingerprint density at radius 3 is 2.88 bits per heavy atom. The third kappa shape index (κ3) is 5.54. The molecule has 1 atom stereocenters. The van der Waals surface area contributed by atoms with Crippen molar-refractivity contribution < 1.29 is 9.32 Å². The Labute approximate surface area is 159 Å². The lowest BCUT2D eigenvalue weighted by Gasteiger charge is -2.22. The van der Waals surface area contributed by atoms with E-state index in [-0.39, 0.29) is 30.9 Å². The van der Waals surface area contributed by atoms with Gasteiger partial charge in [-0.15, -0.1) is 12.4 Å². The van der Waals surface area contributed by atoms with Crippen LogP contribution in [0.1, 0.15) is 44.9 Å². The minimum absolute atomic E-state index is 0. The number of carbonyl (C=O) groups is 1. The quantitative estimate of drug-likeness (QED) is 0.759. The number of carbonyl (C=O) groups excluding carboxylic acids is 1. The van der Waals surface area contributed by atoms with E-state index >= 15 is 0 Å². The van der Waals surface area contributed by atoms with Crippen LogP contribution in [0.5, 0.6) is 0 Å². The van der Waals surface area contributed by atoms with Crippen molar-refractivity contribution in [2.24, 2.45) is 0 Å². The fourth-order valence-corrected chi connectivity index (χ4v) is 3.06. The number of aromatic nitrogens is 4. The summed E-state index contributed by atoms with van der Waals surface area (Å²) in [5.41, 5.74) is 0.723. The Bertz CT molecular complexity index is 695. The van der Waals surface area contributed by atoms with E-state index in [1.807, 2.05) is 7.05 Å². The molecule has 0 aromatic carbocycles. The van der Waals surface area contributed by atoms with E-state index in [1.165, 1.54) is 19.3 Å². The molecule has 2 heterocycles. The SMILES string of the molecule is CNC(C)Cc1noc(-c2cnn(CC(=O)NC3CCCCC3)c2)n1.Cl. The third-order valence-electron chi connectivity index (χ3n) is 4.61. The first kappa shape index (κ1) is 20.4. The van der Waals surface area contributed by atoms with Gasteiger partial charge in [0.15, 0.2) is 5.82 Å². The molecule has 3 rings (SSSR count). The summed E-state index contributed by atoms with van der Waals surface area (Å²) < 4.78 is 6.90. The van der Waals surface area contributed by atoms with E-state index < -0.39 is 0 Å². The zero-order chi connectivity index (χ0) is 17.6. The van der Waals surface area contributed by atoms with Gasteiger partial charge in [0.25, 0.3) is 5.89 Å². The van der Waals surface area contributed by atoms with Gasteiger partial charge in [-0.25, -0.2) is 0 Å². The van der Waals surface area contributed by atoms with Crippen molar-refractivity contribution in [2.45, 2.75) is 64.1 Å². The average Bonchev–Trinajstić information content (AvgIpc) is 3.25. The highest BCUT2D eigenvalue weighted by atomic mass is 35.5. The van der Waals surface area contributed by atoms with Crippen molar-refractivity contribution in [3.05, 3.63) is 18.2 Å². The van der Waals surface area contributed by atoms with Crippen LogP contribution in [0.3, 0.4) is 0 Å². The first-order valence-electron chi connectivity index (χ1n) is 8.96. The van der Waals surface area contributed by atoms with Crippen LogP contribution in [-0.2, 0) is 17.8 Å². The zero-order valence-electron chi connectivity index (χ0n) is 15.3. The first-order valence-corrected chi connectivity index (χ1v) is 8.96. The van der Waals surface area contributed by atoms with Gasteiger partial charge in [0.1, 0.15) is 6.54 Å². The van der Waals surface area contributed by atoms with Gasteiger partial charge in [-0.1, -0.05) is 24.4 Å². The third-order valence-corrected chi connectivity index (χ3v) is 4.61. The molecule has 2 aromatic rings. The van der Waals surface area contributed by atoms with Crippen molar-refractivity contribution in [3.8, 4) is 11.5 Å². The maximum absolute atomic E-state index is 12.2. The van der Waals surface area contributed by atoms with Crippen molar-refractivity contribution in [3.63, 3.8) is 0 Å². The van der Waals surface area contributed by atoms with Gasteiger partial charge >= 0.3 is 0 Å². The standard InChI is InChI=1S/C17H26N6O2.ClH/c1-12(18-2)8-15-21-17(25-22-15)13-9-19-23(10-13)11-16(24)20-14-6-4-3-5-7-14;/h9-10,12,14,18H,3-8,11H2,1-2H3,(H,20,24);1H. The second kappa shape index (κ2) is 9.68. The second-order valence-corrected chi connectivity index (χ2v) is 6.74. The molecule has 0 radical (unpaired) electrons. The fourth-order valence-electron chi connectivity index (χ4n) is 3.06. The van der Waals surface area contributed by atoms with E-state index in [0.717, 1.165) is 18.4 Å². The molecule has 0 saturated heterocycles. The summed E-state index contributed by atoms with van der Waals surface area (Å²) in [6.07, 6.45) is 9.92. The highest BCUT2D eigenvalue weighted by molar-refractivity contribution is 5.85. The molecule has 1 aliphatic rings. The lowest BCUT2D eigenvalue weighted by Crippen LogP contribution is -2.38. The molecule has 9 heteroatoms. The van der Waals surface area contributed by atoms with Crippen LogP contribution < -0.4 is 10.6 Å². The van der Waals surface area contributed by atoms with Crippen LogP contribution in [-0.4, -0.2) is 45.0 Å². The summed E-state index contributed by atoms with van der Waals surface area (Å²) in [5, 5.41) is 14.4. The maximum atomic E-state index is 12.2. The van der Waals surface area contributed by atoms with Crippen LogP contribution >= 0.6 is 12.4 Å². The lowest BCUT2D eigenvalue weighted by molar-refractivity contribution is -0.122. The van der Waals surface area contributed by atoms with Gasteiger partial charge in [0.2, 0.25) is 5.91 Å². The Morgan fingerprint density at radius 1 is 1.38 bits per heavy atom. The second-order valence-electron chi connectivity index (χ2n) is 6.74. The Morgan fingerprint density at radius 2 is 2.15 bits per heavy atom. The van der Waals surface area contributed by atoms with E-state index in [0.29, 0.717) is 24.2 Å². The van der Waals surface area contributed by atoms with Crippen LogP contribution in [0.25, 0.3) is 11.5 Å². The lowest BCUT2D eigenvalue weighted by atomic mass is 9.95. The van der Waals surface area contributed by atoms with E-state index in [2.05, 4.69) is 32.8 Å². The molecule has 1 saturated carbocycles. The summed E-state index contributed by atoms with van der Waals surface area (Å²) in [6.45, 7) is 2.26. The molecule has 0 bridgehead atoms. The van der Waals surface area contributed by atoms with Crippen molar-refractivity contribution in [1.82, 2.24) is 30.6 Å². The summed E-state index contributed by atoms with van der Waals surface area (Å²) in [4.78, 5) is 16.5. The molecule has 8 nitrogen and oxygen atoms in total. The van der Waals surface area contributed by atoms with E-state index in [4.69, 9.17) is 4.52 Å². The Balaban J connectivity index is 0.00000243. The van der Waals surface area contributed by atoms with Crippen LogP contribution in [0.4, 0.5) is 0 Å². The molecule has 0 spiro atoms. The minimum atomic E-state index is -0.00406. The van der Waals surface area contributed by atoms with Gasteiger partial charge in [-0.05, 0) is 26.8 Å². The molecule has 1 amide bonds. The number of hydrogen-bond donors (Lipinski definition) is 2. The van der Waals surface area contributed by atoms with E-state index in [1.54, 1.807) is 17.1 Å². The zero-order valence-corrected chi connectivity index (χ0v) is 16.1. The maximum Gasteiger partial charge on any atom is 0.261 e. The molecular formula is C17H27ClN6O2. The van der Waals surface area contributed by atoms with Gasteiger partial charge in [-0.3, -0.25) is 9.48 Å². The monoisotopic (exact) mass is 382 g/mol. The Hall–Kier alpha value is -1.93. The number of halogens is 1. The highest BCUT2D eigenvalue weighted by Gasteiger charge is 2.17. The number of rotatable bonds is 7. The topological polar surface area (TPSA) is 97.9 Å². The molecule has 0 aliphatic heterocycles. The van der Waals surface area contributed by atoms with Crippen molar-refractivity contribution in [2.75, 3.05) is 7.05 Å². The molecule has 26 heavy (non-hydrogen) atoms. The normalized spacial score (nSPS) is 16.1. The van der Waals surface area contributed by atoms with Gasteiger partial charge in [0, 0.05) is 24.7 Å². The summed E-state index contributed by atoms with van der Waals surface area (Å²) >= 11 is 0. The minimum Gasteiger partial charge on any atom is -0.352 e. The number of hydrogen-bond acceptors (Lipinski definition) is 6. The molecule has 1 aliphatic carbocycles. The van der Waals surface area contributed by atoms with E-state index in [9.17, 15) is 4.79 Å². The van der Waals surface area contributed by atoms with Crippen LogP contribution in [0, 0.1) is 0 Å². The average molecular weight is 383 g/mol. The van der Waals surface area contributed by atoms with Gasteiger partial charge < -0.3 is 15.2 Å². The smallest absolute Gasteiger partial charge is 0.261 e. The van der Waals surface area contributed by atoms with Gasteiger partial charge in [-0.2, -0.15) is 10.1 Å². The molecule has 2 N–H and O–H groups in total. The summed E-state index contributed by atoms with van der Waals surface area (Å²) in [7, 11) is 1.90. The number of nitrogens with one attached hydrogen (secondary N) is 2. The number of likely N-dealkylation sites (N-methyl/N-ethyl adjacent to an activating group) is 1. The molecular weight excluding hydrogens is 356 g/mol. The number of nitrogens with zero attached hydrogens (tertiary/aromatic N) is 4. The van der Waals surface area contributed by atoms with Crippen molar-refractivity contribution >= 4 is 18.3 Å². The fraction of sp³-hybridized carbons (Fsp3) is 0.647. The van der Waals surface area contributed by atoms with Crippen molar-refractivity contribution in [1.29, 1.82) is 0 Å². The number of amides is 1. The highest BCUT2D eigenvalue weighted by Crippen LogP contribution is 2.18. The van der Waals surface area contributed by atoms with Crippen LogP contribution in [0.2, 0.25) is 0 Å². The first-order chi connectivity index (χ1) is 12.1. The molecule has 1 unspecified atom stereocenters. The predicted octanol–water partition coefficient (Wildman–Crippen LogP) is 1.95. The molecule has 144 valence electrons. The van der Waals surface area contributed by atoms with Gasteiger partial charge in [0.05, 0.1) is 11.8 Å². The summed E-state index contributed by atoms with van der Waals surface area (Å²) in [5.74, 6) is 1.08. The largest absolute Gasteiger partial charge is 0.352 e. The Kier molecular flexibility index (Phi) is 7.59. The molecule has 2 aromatic heterocycles. The molecule has 1 fully saturated rings.